The minimum Gasteiger partial charge on any atom is -0.466 e. The van der Waals surface area contributed by atoms with E-state index in [4.69, 9.17) is 4.74 Å². The van der Waals surface area contributed by atoms with Crippen molar-refractivity contribution in [2.45, 2.75) is 27.2 Å². The number of carbonyl (C=O) groups excluding carboxylic acids is 2. The number of carbonyl (C=O) groups is 2. The number of rotatable bonds is 5. The highest BCUT2D eigenvalue weighted by Crippen LogP contribution is 2.33. The lowest BCUT2D eigenvalue weighted by atomic mass is 10.2. The maximum atomic E-state index is 11.7. The van der Waals surface area contributed by atoms with Crippen molar-refractivity contribution in [1.82, 2.24) is 25.3 Å². The van der Waals surface area contributed by atoms with Crippen LogP contribution in [0.5, 0.6) is 0 Å². The molecule has 1 aliphatic rings. The van der Waals surface area contributed by atoms with Gasteiger partial charge in [-0.15, -0.1) is 15.0 Å². The number of esters is 1. The lowest BCUT2D eigenvalue weighted by molar-refractivity contribution is -0.145. The summed E-state index contributed by atoms with van der Waals surface area (Å²) < 4.78 is 4.72. The summed E-state index contributed by atoms with van der Waals surface area (Å²) >= 11 is 0. The summed E-state index contributed by atoms with van der Waals surface area (Å²) in [6.07, 6.45) is 1.37. The summed E-state index contributed by atoms with van der Waals surface area (Å²) in [4.78, 5) is 33.1. The van der Waals surface area contributed by atoms with Gasteiger partial charge >= 0.3 is 5.97 Å². The Morgan fingerprint density at radius 3 is 2.78 bits per heavy atom. The number of amides is 1. The van der Waals surface area contributed by atoms with Crippen LogP contribution in [0.4, 0.5) is 5.82 Å². The molecule has 9 heteroatoms. The highest BCUT2D eigenvalue weighted by atomic mass is 16.5. The van der Waals surface area contributed by atoms with Gasteiger partial charge in [0.15, 0.2) is 5.82 Å². The van der Waals surface area contributed by atoms with Gasteiger partial charge in [0.25, 0.3) is 5.91 Å². The van der Waals surface area contributed by atoms with E-state index in [2.05, 4.69) is 20.5 Å². The standard InChI is InChI=1S/C14H16N6O3/c1-4-23-13(22)6-11(21)18-20-12-5-10(17-19(12)20)14-9(3)15-7-8(2)16-14/h5,7H,4,6H2,1-3H3,(H,18,21). The van der Waals surface area contributed by atoms with Crippen LogP contribution in [0.2, 0.25) is 0 Å². The molecule has 0 bridgehead atoms. The van der Waals surface area contributed by atoms with Gasteiger partial charge in [0.2, 0.25) is 0 Å². The van der Waals surface area contributed by atoms with Gasteiger partial charge in [-0.1, -0.05) is 0 Å². The lowest BCUT2D eigenvalue weighted by Gasteiger charge is -2.07. The molecule has 0 radical (unpaired) electrons. The topological polar surface area (TPSA) is 102 Å². The first-order chi connectivity index (χ1) is 11.0. The summed E-state index contributed by atoms with van der Waals surface area (Å²) in [5.74, 6) is -0.308. The van der Waals surface area contributed by atoms with E-state index in [9.17, 15) is 9.59 Å². The zero-order chi connectivity index (χ0) is 16.6. The van der Waals surface area contributed by atoms with Crippen molar-refractivity contribution in [3.63, 3.8) is 0 Å². The highest BCUT2D eigenvalue weighted by Gasteiger charge is 2.35. The Bertz CT molecular complexity index is 763. The monoisotopic (exact) mass is 316 g/mol. The summed E-state index contributed by atoms with van der Waals surface area (Å²) in [5.41, 5.74) is 5.54. The number of fused-ring (bicyclic) bond motifs is 1. The Morgan fingerprint density at radius 2 is 2.13 bits per heavy atom. The number of nitrogens with one attached hydrogen (secondary N) is 1. The maximum absolute atomic E-state index is 11.7. The van der Waals surface area contributed by atoms with Crippen molar-refractivity contribution >= 4 is 17.7 Å². The van der Waals surface area contributed by atoms with Gasteiger partial charge in [-0.25, -0.2) is 10.4 Å². The minimum atomic E-state index is -0.559. The molecule has 0 aromatic carbocycles. The number of hydrazine groups is 1. The van der Waals surface area contributed by atoms with Crippen molar-refractivity contribution in [2.24, 2.45) is 0 Å². The van der Waals surface area contributed by atoms with Crippen molar-refractivity contribution in [2.75, 3.05) is 11.7 Å². The molecule has 9 nitrogen and oxygen atoms in total. The fourth-order valence-electron chi connectivity index (χ4n) is 2.12. The van der Waals surface area contributed by atoms with Gasteiger partial charge in [0, 0.05) is 12.3 Å². The molecule has 2 aromatic heterocycles. The number of aromatic nitrogens is 4. The summed E-state index contributed by atoms with van der Waals surface area (Å²) in [6, 6.07) is 1.79. The van der Waals surface area contributed by atoms with Crippen LogP contribution >= 0.6 is 0 Å². The number of hydrogen-bond donors (Lipinski definition) is 1. The van der Waals surface area contributed by atoms with Crippen LogP contribution in [0, 0.1) is 13.8 Å². The van der Waals surface area contributed by atoms with E-state index in [1.165, 1.54) is 9.91 Å². The van der Waals surface area contributed by atoms with Crippen LogP contribution in [0.25, 0.3) is 11.4 Å². The number of aryl methyl sites for hydroxylation is 2. The summed E-state index contributed by atoms with van der Waals surface area (Å²) in [7, 11) is 0. The Hall–Kier alpha value is -2.97. The molecule has 0 aliphatic carbocycles. The molecule has 3 rings (SSSR count). The zero-order valence-electron chi connectivity index (χ0n) is 13.0. The fourth-order valence-corrected chi connectivity index (χ4v) is 2.12. The van der Waals surface area contributed by atoms with Crippen molar-refractivity contribution in [3.05, 3.63) is 23.7 Å². The van der Waals surface area contributed by atoms with E-state index in [0.29, 0.717) is 17.2 Å². The maximum Gasteiger partial charge on any atom is 0.315 e. The second-order valence-electron chi connectivity index (χ2n) is 5.05. The van der Waals surface area contributed by atoms with Gasteiger partial charge in [0.05, 0.1) is 18.0 Å². The third-order valence-corrected chi connectivity index (χ3v) is 3.20. The Labute approximate surface area is 132 Å². The van der Waals surface area contributed by atoms with E-state index in [1.807, 2.05) is 13.8 Å². The van der Waals surface area contributed by atoms with Crippen LogP contribution in [0.1, 0.15) is 24.7 Å². The molecule has 0 spiro atoms. The number of nitrogens with zero attached hydrogens (tertiary/aromatic N) is 5. The third-order valence-electron chi connectivity index (χ3n) is 3.20. The number of anilines is 1. The van der Waals surface area contributed by atoms with Crippen molar-refractivity contribution < 1.29 is 14.3 Å². The second kappa shape index (κ2) is 5.67. The average Bonchev–Trinajstić information content (AvgIpc) is 2.94. The van der Waals surface area contributed by atoms with Gasteiger partial charge in [0.1, 0.15) is 17.8 Å². The van der Waals surface area contributed by atoms with Gasteiger partial charge in [-0.3, -0.25) is 14.6 Å². The SMILES string of the molecule is CCOC(=O)CC(=O)NN1c2cc(-c3nc(C)cnc3C)nn21. The molecule has 1 aliphatic heterocycles. The predicted octanol–water partition coefficient (Wildman–Crippen LogP) is 0.524. The molecule has 120 valence electrons. The molecular weight excluding hydrogens is 300 g/mol. The van der Waals surface area contributed by atoms with Crippen LogP contribution in [0.15, 0.2) is 12.3 Å². The Morgan fingerprint density at radius 1 is 1.35 bits per heavy atom. The first kappa shape index (κ1) is 14.9. The second-order valence-corrected chi connectivity index (χ2v) is 5.05. The van der Waals surface area contributed by atoms with Gasteiger partial charge in [-0.05, 0) is 20.8 Å². The normalized spacial score (nSPS) is 11.9. The molecular formula is C14H16N6O3. The molecule has 0 atom stereocenters. The molecule has 0 saturated heterocycles. The largest absolute Gasteiger partial charge is 0.466 e. The third kappa shape index (κ3) is 2.98. The van der Waals surface area contributed by atoms with E-state index in [0.717, 1.165) is 11.4 Å². The quantitative estimate of drug-likeness (QED) is 0.487. The molecule has 23 heavy (non-hydrogen) atoms. The first-order valence-corrected chi connectivity index (χ1v) is 7.15. The van der Waals surface area contributed by atoms with Gasteiger partial charge in [-0.2, -0.15) is 0 Å². The van der Waals surface area contributed by atoms with Crippen LogP contribution in [-0.4, -0.2) is 38.3 Å². The van der Waals surface area contributed by atoms with Crippen LogP contribution in [-0.2, 0) is 14.3 Å². The predicted molar refractivity (Wildman–Crippen MR) is 80.0 cm³/mol. The zero-order valence-corrected chi connectivity index (χ0v) is 13.0. The first-order valence-electron chi connectivity index (χ1n) is 7.15. The van der Waals surface area contributed by atoms with Crippen molar-refractivity contribution in [1.29, 1.82) is 0 Å². The molecule has 3 heterocycles. The fraction of sp³-hybridized carbons (Fsp3) is 0.357. The smallest absolute Gasteiger partial charge is 0.315 e. The number of ether oxygens (including phenoxy) is 1. The number of hydrogen-bond acceptors (Lipinski definition) is 7. The molecule has 1 amide bonds. The molecule has 0 saturated carbocycles. The average molecular weight is 316 g/mol. The lowest BCUT2D eigenvalue weighted by Crippen LogP contribution is -2.36. The van der Waals surface area contributed by atoms with E-state index in [-0.39, 0.29) is 13.0 Å². The van der Waals surface area contributed by atoms with Crippen LogP contribution in [0.3, 0.4) is 0 Å². The Kier molecular flexibility index (Phi) is 3.68. The molecule has 0 fully saturated rings. The van der Waals surface area contributed by atoms with Crippen molar-refractivity contribution in [3.8, 4) is 11.4 Å². The molecule has 2 aromatic rings. The minimum absolute atomic E-state index is 0.248. The van der Waals surface area contributed by atoms with E-state index in [1.54, 1.807) is 19.2 Å². The Balaban J connectivity index is 1.63. The van der Waals surface area contributed by atoms with E-state index < -0.39 is 11.9 Å². The summed E-state index contributed by atoms with van der Waals surface area (Å²) in [5, 5.41) is 5.78. The highest BCUT2D eigenvalue weighted by molar-refractivity contribution is 5.95. The molecule has 1 N–H and O–H groups in total. The summed E-state index contributed by atoms with van der Waals surface area (Å²) in [6.45, 7) is 5.66. The molecule has 0 unspecified atom stereocenters. The van der Waals surface area contributed by atoms with E-state index >= 15 is 0 Å². The van der Waals surface area contributed by atoms with Gasteiger partial charge < -0.3 is 4.74 Å². The van der Waals surface area contributed by atoms with Crippen LogP contribution < -0.4 is 10.5 Å².